The molecule has 0 aromatic rings. The van der Waals surface area contributed by atoms with Gasteiger partial charge >= 0.3 is 0 Å². The van der Waals surface area contributed by atoms with Crippen LogP contribution in [0.4, 0.5) is 0 Å². The van der Waals surface area contributed by atoms with Gasteiger partial charge in [-0.1, -0.05) is 33.1 Å². The van der Waals surface area contributed by atoms with E-state index in [1.807, 2.05) is 0 Å². The van der Waals surface area contributed by atoms with Crippen LogP contribution in [-0.4, -0.2) is 36.5 Å². The Labute approximate surface area is 117 Å². The van der Waals surface area contributed by atoms with Crippen molar-refractivity contribution in [3.63, 3.8) is 0 Å². The smallest absolute Gasteiger partial charge is 0.231 e. The second-order valence-electron chi connectivity index (χ2n) is 5.94. The summed E-state index contributed by atoms with van der Waals surface area (Å²) >= 11 is 0. The highest BCUT2D eigenvalue weighted by Crippen LogP contribution is 2.33. The summed E-state index contributed by atoms with van der Waals surface area (Å²) in [5.74, 6) is 1.09. The summed E-state index contributed by atoms with van der Waals surface area (Å²) in [6.07, 6.45) is 7.15. The lowest BCUT2D eigenvalue weighted by molar-refractivity contribution is -0.120. The summed E-state index contributed by atoms with van der Waals surface area (Å²) in [6, 6.07) is 0.447. The lowest BCUT2D eigenvalue weighted by atomic mass is 9.76. The molecule has 0 radical (unpaired) electrons. The number of rotatable bonds is 8. The summed E-state index contributed by atoms with van der Waals surface area (Å²) in [5, 5.41) is 0. The molecule has 3 unspecified atom stereocenters. The zero-order valence-corrected chi connectivity index (χ0v) is 12.6. The van der Waals surface area contributed by atoms with Crippen LogP contribution in [0.2, 0.25) is 0 Å². The van der Waals surface area contributed by atoms with E-state index in [-0.39, 0.29) is 5.91 Å². The molecule has 0 aromatic carbocycles. The molecule has 19 heavy (non-hydrogen) atoms. The molecule has 1 rings (SSSR count). The van der Waals surface area contributed by atoms with Crippen LogP contribution in [0, 0.1) is 11.8 Å². The van der Waals surface area contributed by atoms with Crippen molar-refractivity contribution in [1.82, 2.24) is 4.90 Å². The van der Waals surface area contributed by atoms with E-state index < -0.39 is 0 Å². The molecule has 0 aliphatic heterocycles. The van der Waals surface area contributed by atoms with Gasteiger partial charge in [0, 0.05) is 6.04 Å². The predicted octanol–water partition coefficient (Wildman–Crippen LogP) is 1.73. The fraction of sp³-hybridized carbons (Fsp3) is 0.933. The van der Waals surface area contributed by atoms with Crippen molar-refractivity contribution in [2.24, 2.45) is 23.3 Å². The van der Waals surface area contributed by atoms with Crippen LogP contribution in [0.3, 0.4) is 0 Å². The molecular weight excluding hydrogens is 238 g/mol. The Morgan fingerprint density at radius 3 is 2.58 bits per heavy atom. The Morgan fingerprint density at radius 2 is 2.05 bits per heavy atom. The molecule has 0 bridgehead atoms. The predicted molar refractivity (Wildman–Crippen MR) is 79.6 cm³/mol. The topological polar surface area (TPSA) is 72.3 Å². The number of carbonyl (C=O) groups excluding carboxylic acids is 1. The molecule has 4 nitrogen and oxygen atoms in total. The minimum absolute atomic E-state index is 0.217. The van der Waals surface area contributed by atoms with Crippen molar-refractivity contribution in [1.29, 1.82) is 0 Å². The van der Waals surface area contributed by atoms with E-state index in [1.54, 1.807) is 0 Å². The van der Waals surface area contributed by atoms with E-state index in [4.69, 9.17) is 11.5 Å². The van der Waals surface area contributed by atoms with Crippen molar-refractivity contribution in [3.05, 3.63) is 0 Å². The third-order valence-electron chi connectivity index (χ3n) is 4.57. The summed E-state index contributed by atoms with van der Waals surface area (Å²) in [4.78, 5) is 13.6. The Bertz CT molecular complexity index is 270. The highest BCUT2D eigenvalue weighted by Gasteiger charge is 2.33. The van der Waals surface area contributed by atoms with Crippen LogP contribution < -0.4 is 11.5 Å². The Balaban J connectivity index is 2.72. The Morgan fingerprint density at radius 1 is 1.32 bits per heavy atom. The SMILES string of the molecule is CCCCN(CC(N)=O)C1CC(CC)CCC1CN. The number of hydrogen-bond acceptors (Lipinski definition) is 3. The zero-order chi connectivity index (χ0) is 14.3. The second-order valence-corrected chi connectivity index (χ2v) is 5.94. The number of nitrogens with zero attached hydrogens (tertiary/aromatic N) is 1. The minimum atomic E-state index is -0.217. The maximum absolute atomic E-state index is 11.3. The highest BCUT2D eigenvalue weighted by atomic mass is 16.1. The third-order valence-corrected chi connectivity index (χ3v) is 4.57. The van der Waals surface area contributed by atoms with Gasteiger partial charge in [0.05, 0.1) is 6.54 Å². The normalized spacial score (nSPS) is 27.7. The summed E-state index contributed by atoms with van der Waals surface area (Å²) in [5.41, 5.74) is 11.3. The first kappa shape index (κ1) is 16.4. The first-order valence-corrected chi connectivity index (χ1v) is 7.84. The maximum atomic E-state index is 11.3. The molecule has 0 aromatic heterocycles. The molecule has 3 atom stereocenters. The maximum Gasteiger partial charge on any atom is 0.231 e. The quantitative estimate of drug-likeness (QED) is 0.705. The molecule has 1 aliphatic rings. The van der Waals surface area contributed by atoms with E-state index in [9.17, 15) is 4.79 Å². The lowest BCUT2D eigenvalue weighted by Gasteiger charge is -2.42. The van der Waals surface area contributed by atoms with Gasteiger partial charge in [-0.25, -0.2) is 0 Å². The molecule has 1 aliphatic carbocycles. The molecule has 0 saturated heterocycles. The average molecular weight is 269 g/mol. The fourth-order valence-corrected chi connectivity index (χ4v) is 3.31. The van der Waals surface area contributed by atoms with E-state index in [0.29, 0.717) is 18.5 Å². The summed E-state index contributed by atoms with van der Waals surface area (Å²) in [6.45, 7) is 6.52. The van der Waals surface area contributed by atoms with Gasteiger partial charge in [-0.05, 0) is 44.2 Å². The lowest BCUT2D eigenvalue weighted by Crippen LogP contribution is -2.50. The van der Waals surface area contributed by atoms with Crippen molar-refractivity contribution >= 4 is 5.91 Å². The van der Waals surface area contributed by atoms with Crippen LogP contribution in [0.25, 0.3) is 0 Å². The number of unbranched alkanes of at least 4 members (excludes halogenated alkanes) is 1. The van der Waals surface area contributed by atoms with Crippen molar-refractivity contribution in [3.8, 4) is 0 Å². The number of hydrogen-bond donors (Lipinski definition) is 2. The molecular formula is C15H31N3O. The third kappa shape index (κ3) is 5.11. The average Bonchev–Trinajstić information content (AvgIpc) is 2.42. The summed E-state index contributed by atoms with van der Waals surface area (Å²) < 4.78 is 0. The first-order chi connectivity index (χ1) is 9.12. The van der Waals surface area contributed by atoms with Gasteiger partial charge in [-0.15, -0.1) is 0 Å². The van der Waals surface area contributed by atoms with Gasteiger partial charge < -0.3 is 11.5 Å². The molecule has 112 valence electrons. The Kier molecular flexibility index (Phi) is 7.39. The largest absolute Gasteiger partial charge is 0.369 e. The molecule has 4 heteroatoms. The van der Waals surface area contributed by atoms with Crippen LogP contribution in [-0.2, 0) is 4.79 Å². The highest BCUT2D eigenvalue weighted by molar-refractivity contribution is 5.75. The minimum Gasteiger partial charge on any atom is -0.369 e. The van der Waals surface area contributed by atoms with Gasteiger partial charge in [0.1, 0.15) is 0 Å². The van der Waals surface area contributed by atoms with Crippen LogP contribution in [0.15, 0.2) is 0 Å². The van der Waals surface area contributed by atoms with Gasteiger partial charge in [0.15, 0.2) is 0 Å². The Hall–Kier alpha value is -0.610. The van der Waals surface area contributed by atoms with Crippen LogP contribution in [0.5, 0.6) is 0 Å². The monoisotopic (exact) mass is 269 g/mol. The zero-order valence-electron chi connectivity index (χ0n) is 12.6. The molecule has 0 heterocycles. The second kappa shape index (κ2) is 8.54. The summed E-state index contributed by atoms with van der Waals surface area (Å²) in [7, 11) is 0. The van der Waals surface area contributed by atoms with E-state index in [1.165, 1.54) is 25.7 Å². The first-order valence-electron chi connectivity index (χ1n) is 7.84. The van der Waals surface area contributed by atoms with E-state index in [0.717, 1.165) is 31.8 Å². The van der Waals surface area contributed by atoms with Crippen LogP contribution in [0.1, 0.15) is 52.4 Å². The van der Waals surface area contributed by atoms with Gasteiger partial charge in [-0.2, -0.15) is 0 Å². The van der Waals surface area contributed by atoms with Crippen molar-refractivity contribution in [2.75, 3.05) is 19.6 Å². The number of amides is 1. The fourth-order valence-electron chi connectivity index (χ4n) is 3.31. The van der Waals surface area contributed by atoms with Gasteiger partial charge in [-0.3, -0.25) is 9.69 Å². The van der Waals surface area contributed by atoms with Crippen molar-refractivity contribution in [2.45, 2.75) is 58.4 Å². The molecule has 0 spiro atoms. The molecule has 1 amide bonds. The standard InChI is InChI=1S/C15H31N3O/c1-3-5-8-18(11-15(17)19)14-9-12(4-2)6-7-13(14)10-16/h12-14H,3-11,16H2,1-2H3,(H2,17,19). The molecule has 1 fully saturated rings. The number of primary amides is 1. The van der Waals surface area contributed by atoms with Crippen LogP contribution >= 0.6 is 0 Å². The van der Waals surface area contributed by atoms with E-state index in [2.05, 4.69) is 18.7 Å². The van der Waals surface area contributed by atoms with Gasteiger partial charge in [0.25, 0.3) is 0 Å². The number of nitrogens with two attached hydrogens (primary N) is 2. The molecule has 1 saturated carbocycles. The van der Waals surface area contributed by atoms with Crippen molar-refractivity contribution < 1.29 is 4.79 Å². The van der Waals surface area contributed by atoms with Gasteiger partial charge in [0.2, 0.25) is 5.91 Å². The van der Waals surface area contributed by atoms with E-state index >= 15 is 0 Å². The molecule has 4 N–H and O–H groups in total. The number of carbonyl (C=O) groups is 1.